The van der Waals surface area contributed by atoms with E-state index in [0.717, 1.165) is 18.4 Å². The van der Waals surface area contributed by atoms with Gasteiger partial charge in [-0.2, -0.15) is 0 Å². The summed E-state index contributed by atoms with van der Waals surface area (Å²) < 4.78 is 1.25. The Morgan fingerprint density at radius 1 is 0.630 bits per heavy atom. The van der Waals surface area contributed by atoms with Crippen LogP contribution in [0.4, 0.5) is 0 Å². The lowest BCUT2D eigenvalue weighted by atomic mass is 10.00. The van der Waals surface area contributed by atoms with Gasteiger partial charge in [0.1, 0.15) is 0 Å². The van der Waals surface area contributed by atoms with Crippen LogP contribution in [0.3, 0.4) is 0 Å². The summed E-state index contributed by atoms with van der Waals surface area (Å²) in [4.78, 5) is 0. The van der Waals surface area contributed by atoms with Crippen LogP contribution in [0.15, 0.2) is 91.0 Å². The van der Waals surface area contributed by atoms with Gasteiger partial charge in [-0.3, -0.25) is 0 Å². The fraction of sp³-hybridized carbons (Fsp3) is 0.0769. The van der Waals surface area contributed by atoms with Crippen molar-refractivity contribution in [3.8, 4) is 11.8 Å². The molecule has 0 fully saturated rings. The van der Waals surface area contributed by atoms with Gasteiger partial charge < -0.3 is 0 Å². The van der Waals surface area contributed by atoms with E-state index in [4.69, 9.17) is 0 Å². The molecule has 0 aliphatic heterocycles. The highest BCUT2D eigenvalue weighted by Gasteiger charge is 2.00. The largest absolute Gasteiger partial charge is 0.0931 e. The zero-order valence-corrected chi connectivity index (χ0v) is 17.1. The van der Waals surface area contributed by atoms with Crippen LogP contribution in [0.1, 0.15) is 22.3 Å². The third-order valence-electron chi connectivity index (χ3n) is 4.59. The first-order valence-corrected chi connectivity index (χ1v) is 10.1. The molecule has 4 rings (SSSR count). The van der Waals surface area contributed by atoms with Crippen molar-refractivity contribution in [3.05, 3.63) is 117 Å². The van der Waals surface area contributed by atoms with Crippen molar-refractivity contribution in [2.24, 2.45) is 0 Å². The second kappa shape index (κ2) is 8.41. The van der Waals surface area contributed by atoms with Gasteiger partial charge in [0.05, 0.1) is 0 Å². The van der Waals surface area contributed by atoms with Crippen LogP contribution in [0.5, 0.6) is 0 Å². The fourth-order valence-electron chi connectivity index (χ4n) is 3.17. The Kier molecular flexibility index (Phi) is 5.55. The molecule has 0 N–H and O–H groups in total. The van der Waals surface area contributed by atoms with Crippen molar-refractivity contribution in [3.63, 3.8) is 0 Å². The molecule has 0 nitrogen and oxygen atoms in total. The van der Waals surface area contributed by atoms with E-state index in [-0.39, 0.29) is 0 Å². The fourth-order valence-corrected chi connectivity index (χ4v) is 3.53. The number of hydrogen-bond acceptors (Lipinski definition) is 0. The molecular weight excluding hydrogens is 439 g/mol. The normalized spacial score (nSPS) is 10.4. The van der Waals surface area contributed by atoms with Crippen molar-refractivity contribution < 1.29 is 0 Å². The number of benzene rings is 4. The van der Waals surface area contributed by atoms with Crippen molar-refractivity contribution >= 4 is 33.4 Å². The molecule has 0 atom stereocenters. The molecule has 0 unspecified atom stereocenters. The van der Waals surface area contributed by atoms with Crippen LogP contribution >= 0.6 is 22.6 Å². The molecule has 4 aromatic carbocycles. The maximum atomic E-state index is 3.32. The molecule has 0 spiro atoms. The van der Waals surface area contributed by atoms with Crippen molar-refractivity contribution in [1.82, 2.24) is 0 Å². The molecule has 4 aromatic rings. The number of fused-ring (bicyclic) bond motifs is 1. The average molecular weight is 458 g/mol. The van der Waals surface area contributed by atoms with Crippen LogP contribution < -0.4 is 0 Å². The first kappa shape index (κ1) is 17.8. The van der Waals surface area contributed by atoms with Gasteiger partial charge in [0.25, 0.3) is 0 Å². The van der Waals surface area contributed by atoms with Crippen LogP contribution in [0, 0.1) is 15.4 Å². The summed E-state index contributed by atoms with van der Waals surface area (Å²) in [6, 6.07) is 32.3. The lowest BCUT2D eigenvalue weighted by Crippen LogP contribution is -1.88. The van der Waals surface area contributed by atoms with Gasteiger partial charge >= 0.3 is 0 Å². The average Bonchev–Trinajstić information content (AvgIpc) is 2.70. The van der Waals surface area contributed by atoms with Gasteiger partial charge in [-0.1, -0.05) is 78.6 Å². The highest BCUT2D eigenvalue weighted by molar-refractivity contribution is 14.1. The van der Waals surface area contributed by atoms with Crippen LogP contribution in [0.25, 0.3) is 10.8 Å². The third kappa shape index (κ3) is 4.78. The Balaban J connectivity index is 1.54. The second-order valence-corrected chi connectivity index (χ2v) is 7.91. The highest BCUT2D eigenvalue weighted by Crippen LogP contribution is 2.20. The smallest absolute Gasteiger partial charge is 0.0344 e. The Morgan fingerprint density at radius 2 is 1.37 bits per heavy atom. The molecule has 0 saturated carbocycles. The van der Waals surface area contributed by atoms with E-state index in [1.54, 1.807) is 0 Å². The van der Waals surface area contributed by atoms with Crippen molar-refractivity contribution in [2.45, 2.75) is 12.8 Å². The van der Waals surface area contributed by atoms with Crippen molar-refractivity contribution in [2.75, 3.05) is 0 Å². The Labute approximate surface area is 174 Å². The van der Waals surface area contributed by atoms with E-state index < -0.39 is 0 Å². The van der Waals surface area contributed by atoms with Gasteiger partial charge in [0, 0.05) is 15.6 Å². The predicted molar refractivity (Wildman–Crippen MR) is 123 cm³/mol. The summed E-state index contributed by atoms with van der Waals surface area (Å²) >= 11 is 2.32. The lowest BCUT2D eigenvalue weighted by Gasteiger charge is -2.05. The first-order valence-electron chi connectivity index (χ1n) is 9.06. The van der Waals surface area contributed by atoms with Gasteiger partial charge in [-0.15, -0.1) is 0 Å². The Bertz CT molecular complexity index is 1110. The quantitative estimate of drug-likeness (QED) is 0.239. The molecule has 0 aliphatic rings. The minimum atomic E-state index is 0.781. The molecule has 27 heavy (non-hydrogen) atoms. The van der Waals surface area contributed by atoms with E-state index in [0.29, 0.717) is 0 Å². The first-order chi connectivity index (χ1) is 13.3. The minimum Gasteiger partial charge on any atom is -0.0931 e. The van der Waals surface area contributed by atoms with E-state index >= 15 is 0 Å². The Hall–Kier alpha value is -2.57. The predicted octanol–water partition coefficient (Wildman–Crippen LogP) is 6.63. The van der Waals surface area contributed by atoms with E-state index in [1.165, 1.54) is 31.0 Å². The standard InChI is InChI=1S/C26H19I/c27-26-15-11-20(12-16-26)7-4-8-22-9-13-24-14-10-23(19-25(24)18-22)17-21-5-2-1-3-6-21/h1-3,5-6,9-16,18-19H,7,17H2. The molecule has 0 heterocycles. The van der Waals surface area contributed by atoms with E-state index in [9.17, 15) is 0 Å². The van der Waals surface area contributed by atoms with E-state index in [1.807, 2.05) is 0 Å². The van der Waals surface area contributed by atoms with Crippen molar-refractivity contribution in [1.29, 1.82) is 0 Å². The van der Waals surface area contributed by atoms with Gasteiger partial charge in [-0.05, 0) is 80.7 Å². The molecule has 1 heteroatoms. The highest BCUT2D eigenvalue weighted by atomic mass is 127. The van der Waals surface area contributed by atoms with Gasteiger partial charge in [0.15, 0.2) is 0 Å². The summed E-state index contributed by atoms with van der Waals surface area (Å²) in [5, 5.41) is 2.51. The topological polar surface area (TPSA) is 0 Å². The molecule has 0 amide bonds. The summed E-state index contributed by atoms with van der Waals surface area (Å²) in [5.74, 6) is 6.62. The molecular formula is C26H19I. The summed E-state index contributed by atoms with van der Waals surface area (Å²) in [7, 11) is 0. The molecule has 0 saturated heterocycles. The number of halogens is 1. The SMILES string of the molecule is Ic1ccc(CC#Cc2ccc3ccc(Cc4ccccc4)cc3c2)cc1. The van der Waals surface area contributed by atoms with Crippen LogP contribution in [0.2, 0.25) is 0 Å². The lowest BCUT2D eigenvalue weighted by molar-refractivity contribution is 1.20. The number of hydrogen-bond donors (Lipinski definition) is 0. The third-order valence-corrected chi connectivity index (χ3v) is 5.31. The van der Waals surface area contributed by atoms with Gasteiger partial charge in [0.2, 0.25) is 0 Å². The molecule has 0 bridgehead atoms. The number of rotatable bonds is 3. The summed E-state index contributed by atoms with van der Waals surface area (Å²) in [6.45, 7) is 0. The van der Waals surface area contributed by atoms with Crippen LogP contribution in [-0.4, -0.2) is 0 Å². The summed E-state index contributed by atoms with van der Waals surface area (Å²) in [5.41, 5.74) is 5.00. The van der Waals surface area contributed by atoms with E-state index in [2.05, 4.69) is 125 Å². The van der Waals surface area contributed by atoms with Gasteiger partial charge in [-0.25, -0.2) is 0 Å². The molecule has 130 valence electrons. The molecule has 0 aliphatic carbocycles. The Morgan fingerprint density at radius 3 is 2.19 bits per heavy atom. The second-order valence-electron chi connectivity index (χ2n) is 6.66. The minimum absolute atomic E-state index is 0.781. The van der Waals surface area contributed by atoms with Crippen LogP contribution in [-0.2, 0) is 12.8 Å². The molecule has 0 aromatic heterocycles. The summed E-state index contributed by atoms with van der Waals surface area (Å²) in [6.07, 6.45) is 1.74. The zero-order valence-electron chi connectivity index (χ0n) is 15.0. The molecule has 0 radical (unpaired) electrons. The maximum absolute atomic E-state index is 3.32. The zero-order chi connectivity index (χ0) is 18.5. The monoisotopic (exact) mass is 458 g/mol. The maximum Gasteiger partial charge on any atom is 0.0344 e.